The van der Waals surface area contributed by atoms with Crippen LogP contribution >= 0.6 is 7.82 Å². The number of esters is 1. The second-order valence-electron chi connectivity index (χ2n) is 1.86. The molecule has 0 fully saturated rings. The summed E-state index contributed by atoms with van der Waals surface area (Å²) in [6, 6.07) is 0. The molecule has 0 aliphatic rings. The first-order chi connectivity index (χ1) is 5.66. The van der Waals surface area contributed by atoms with Crippen molar-refractivity contribution in [2.45, 2.75) is 13.2 Å². The first-order valence-electron chi connectivity index (χ1n) is 3.03. The average molecular weight is 213 g/mol. The maximum absolute atomic E-state index is 10.2. The van der Waals surface area contributed by atoms with E-state index in [-0.39, 0.29) is 0 Å². The van der Waals surface area contributed by atoms with Crippen LogP contribution in [0, 0.1) is 0 Å². The highest BCUT2D eigenvalue weighted by Crippen LogP contribution is 2.25. The van der Waals surface area contributed by atoms with Gasteiger partial charge in [0, 0.05) is 6.08 Å². The Balaban J connectivity index is 0. The Morgan fingerprint density at radius 2 is 1.92 bits per heavy atom. The summed E-state index contributed by atoms with van der Waals surface area (Å²) in [7, 11) is -4.64. The zero-order valence-corrected chi connectivity index (χ0v) is 7.85. The zero-order valence-electron chi connectivity index (χ0n) is 6.95. The number of rotatable bonds is 2. The Labute approximate surface area is 75.1 Å². The fraction of sp³-hybridized carbons (Fsp3) is 0.400. The van der Waals surface area contributed by atoms with Gasteiger partial charge in [0.2, 0.25) is 0 Å². The summed E-state index contributed by atoms with van der Waals surface area (Å²) in [6.45, 7) is 4.75. The first-order valence-corrected chi connectivity index (χ1v) is 4.60. The summed E-state index contributed by atoms with van der Waals surface area (Å²) >= 11 is 0. The number of phosphoric acid groups is 1. The minimum Gasteiger partial charge on any atom is -0.444 e. The molecule has 0 aliphatic heterocycles. The molecule has 78 valence electrons. The van der Waals surface area contributed by atoms with Gasteiger partial charge in [-0.05, 0) is 6.92 Å². The summed E-state index contributed by atoms with van der Waals surface area (Å²) in [5.74, 6) is -0.486. The summed E-state index contributed by atoms with van der Waals surface area (Å²) in [5.41, 5.74) is 5.08. The molecule has 0 aromatic carbocycles. The highest BCUT2D eigenvalue weighted by Gasteiger charge is 2.00. The first kappa shape index (κ1) is 14.8. The van der Waals surface area contributed by atoms with Gasteiger partial charge in [0.15, 0.2) is 0 Å². The van der Waals surface area contributed by atoms with Crippen molar-refractivity contribution >= 4 is 13.8 Å². The molecule has 1 atom stereocenters. The van der Waals surface area contributed by atoms with Crippen molar-refractivity contribution in [2.75, 3.05) is 0 Å². The Hall–Kier alpha value is -0.720. The Bertz CT molecular complexity index is 201. The van der Waals surface area contributed by atoms with Crippen LogP contribution in [-0.4, -0.2) is 26.9 Å². The monoisotopic (exact) mass is 213 g/mol. The standard InChI is InChI=1S/C5H9NO2.H3O4P/c1-3-5(7)8-4(2)6;1-5(2,3)4/h3-4H,1,6H2,2H3;(H3,1,2,3,4). The summed E-state index contributed by atoms with van der Waals surface area (Å²) in [5, 5.41) is 0. The molecule has 7 nitrogen and oxygen atoms in total. The third kappa shape index (κ3) is 34.8. The van der Waals surface area contributed by atoms with Gasteiger partial charge in [-0.1, -0.05) is 6.58 Å². The lowest BCUT2D eigenvalue weighted by Crippen LogP contribution is -2.21. The highest BCUT2D eigenvalue weighted by atomic mass is 31.2. The van der Waals surface area contributed by atoms with E-state index in [1.54, 1.807) is 6.92 Å². The Morgan fingerprint density at radius 3 is 2.00 bits per heavy atom. The summed E-state index contributed by atoms with van der Waals surface area (Å²) < 4.78 is 13.3. The topological polar surface area (TPSA) is 130 Å². The van der Waals surface area contributed by atoms with E-state index in [9.17, 15) is 4.79 Å². The van der Waals surface area contributed by atoms with E-state index in [1.165, 1.54) is 0 Å². The molecule has 8 heteroatoms. The SMILES string of the molecule is C=CC(=O)OC(C)N.O=P(O)(O)O. The molecule has 0 bridgehead atoms. The van der Waals surface area contributed by atoms with E-state index < -0.39 is 20.0 Å². The average Bonchev–Trinajstić information content (AvgIpc) is 1.82. The van der Waals surface area contributed by atoms with Gasteiger partial charge in [-0.25, -0.2) is 9.36 Å². The van der Waals surface area contributed by atoms with Gasteiger partial charge in [0.05, 0.1) is 0 Å². The van der Waals surface area contributed by atoms with E-state index in [4.69, 9.17) is 25.0 Å². The van der Waals surface area contributed by atoms with Crippen molar-refractivity contribution in [3.8, 4) is 0 Å². The number of hydrogen-bond donors (Lipinski definition) is 4. The number of carbonyl (C=O) groups is 1. The third-order valence-electron chi connectivity index (χ3n) is 0.469. The number of carbonyl (C=O) groups excluding carboxylic acids is 1. The molecule has 0 rings (SSSR count). The van der Waals surface area contributed by atoms with Crippen molar-refractivity contribution in [1.82, 2.24) is 0 Å². The molecular formula is C5H12NO6P. The van der Waals surface area contributed by atoms with E-state index in [2.05, 4.69) is 11.3 Å². The Morgan fingerprint density at radius 1 is 1.62 bits per heavy atom. The van der Waals surface area contributed by atoms with Gasteiger partial charge >= 0.3 is 13.8 Å². The van der Waals surface area contributed by atoms with Gasteiger partial charge in [-0.15, -0.1) is 0 Å². The predicted molar refractivity (Wildman–Crippen MR) is 44.2 cm³/mol. The van der Waals surface area contributed by atoms with E-state index in [1.807, 2.05) is 0 Å². The normalized spacial score (nSPS) is 12.1. The molecule has 0 aromatic heterocycles. The van der Waals surface area contributed by atoms with Crippen LogP contribution in [-0.2, 0) is 14.1 Å². The summed E-state index contributed by atoms with van der Waals surface area (Å²) in [4.78, 5) is 31.8. The van der Waals surface area contributed by atoms with Gasteiger partial charge in [-0.3, -0.25) is 5.73 Å². The van der Waals surface area contributed by atoms with Crippen LogP contribution in [0.4, 0.5) is 0 Å². The van der Waals surface area contributed by atoms with Crippen molar-refractivity contribution in [3.63, 3.8) is 0 Å². The molecule has 0 heterocycles. The fourth-order valence-electron chi connectivity index (χ4n) is 0.231. The molecule has 0 aromatic rings. The molecule has 13 heavy (non-hydrogen) atoms. The lowest BCUT2D eigenvalue weighted by atomic mass is 10.6. The van der Waals surface area contributed by atoms with Crippen LogP contribution in [0.2, 0.25) is 0 Å². The van der Waals surface area contributed by atoms with Crippen LogP contribution in [0.15, 0.2) is 12.7 Å². The molecular weight excluding hydrogens is 201 g/mol. The van der Waals surface area contributed by atoms with Gasteiger partial charge in [-0.2, -0.15) is 0 Å². The molecule has 0 radical (unpaired) electrons. The lowest BCUT2D eigenvalue weighted by Gasteiger charge is -2.02. The molecule has 5 N–H and O–H groups in total. The van der Waals surface area contributed by atoms with Crippen LogP contribution in [0.5, 0.6) is 0 Å². The second-order valence-corrected chi connectivity index (χ2v) is 2.89. The highest BCUT2D eigenvalue weighted by molar-refractivity contribution is 7.45. The smallest absolute Gasteiger partial charge is 0.444 e. The van der Waals surface area contributed by atoms with Crippen molar-refractivity contribution in [3.05, 3.63) is 12.7 Å². The van der Waals surface area contributed by atoms with Crippen LogP contribution < -0.4 is 5.73 Å². The van der Waals surface area contributed by atoms with E-state index in [0.717, 1.165) is 6.08 Å². The largest absolute Gasteiger partial charge is 0.466 e. The minimum absolute atomic E-state index is 0.486. The predicted octanol–water partition coefficient (Wildman–Crippen LogP) is -0.908. The van der Waals surface area contributed by atoms with Crippen molar-refractivity contribution in [2.24, 2.45) is 5.73 Å². The maximum Gasteiger partial charge on any atom is 0.466 e. The third-order valence-corrected chi connectivity index (χ3v) is 0.469. The van der Waals surface area contributed by atoms with Crippen molar-refractivity contribution in [1.29, 1.82) is 0 Å². The molecule has 0 saturated carbocycles. The van der Waals surface area contributed by atoms with Gasteiger partial charge in [0.1, 0.15) is 6.23 Å². The maximum atomic E-state index is 10.2. The van der Waals surface area contributed by atoms with Crippen LogP contribution in [0.25, 0.3) is 0 Å². The number of ether oxygens (including phenoxy) is 1. The van der Waals surface area contributed by atoms with Crippen molar-refractivity contribution < 1.29 is 28.8 Å². The fourth-order valence-corrected chi connectivity index (χ4v) is 0.231. The van der Waals surface area contributed by atoms with E-state index >= 15 is 0 Å². The lowest BCUT2D eigenvalue weighted by molar-refractivity contribution is -0.141. The molecule has 0 aliphatic carbocycles. The molecule has 0 spiro atoms. The quantitative estimate of drug-likeness (QED) is 0.202. The van der Waals surface area contributed by atoms with Crippen LogP contribution in [0.1, 0.15) is 6.92 Å². The Kier molecular flexibility index (Phi) is 7.69. The molecule has 0 amide bonds. The molecule has 1 unspecified atom stereocenters. The molecule has 0 saturated heterocycles. The number of nitrogens with two attached hydrogens (primary N) is 1. The van der Waals surface area contributed by atoms with Gasteiger partial charge < -0.3 is 19.4 Å². The number of hydrogen-bond acceptors (Lipinski definition) is 4. The van der Waals surface area contributed by atoms with Crippen LogP contribution in [0.3, 0.4) is 0 Å². The summed E-state index contributed by atoms with van der Waals surface area (Å²) in [6.07, 6.45) is 0.532. The van der Waals surface area contributed by atoms with Gasteiger partial charge in [0.25, 0.3) is 0 Å². The zero-order chi connectivity index (χ0) is 11.1. The second kappa shape index (κ2) is 6.76. The minimum atomic E-state index is -4.64. The van der Waals surface area contributed by atoms with E-state index in [0.29, 0.717) is 0 Å².